The third kappa shape index (κ3) is 9.51. The normalized spacial score (nSPS) is 14.5. The zero-order valence-corrected chi connectivity index (χ0v) is 20.8. The lowest BCUT2D eigenvalue weighted by Crippen LogP contribution is -2.07. The van der Waals surface area contributed by atoms with E-state index in [1.807, 2.05) is 6.07 Å². The van der Waals surface area contributed by atoms with E-state index in [-0.39, 0.29) is 5.82 Å². The minimum Gasteiger partial charge on any atom is -0.491 e. The summed E-state index contributed by atoms with van der Waals surface area (Å²) in [4.78, 5) is 0. The van der Waals surface area contributed by atoms with E-state index in [0.29, 0.717) is 12.4 Å². The smallest absolute Gasteiger partial charge is 0.165 e. The highest BCUT2D eigenvalue weighted by molar-refractivity contribution is 5.64. The third-order valence-corrected chi connectivity index (χ3v) is 7.12. The number of halogens is 1. The highest BCUT2D eigenvalue weighted by Gasteiger charge is 2.13. The Balaban J connectivity index is 1.36. The molecule has 0 unspecified atom stereocenters. The summed E-state index contributed by atoms with van der Waals surface area (Å²) in [6.45, 7) is 2.85. The van der Waals surface area contributed by atoms with E-state index < -0.39 is 0 Å². The molecule has 181 valence electrons. The van der Waals surface area contributed by atoms with Crippen molar-refractivity contribution < 1.29 is 9.13 Å². The Morgan fingerprint density at radius 1 is 0.788 bits per heavy atom. The number of hydrogen-bond acceptors (Lipinski definition) is 1. The first-order valence-electron chi connectivity index (χ1n) is 13.6. The molecule has 0 aromatic heterocycles. The van der Waals surface area contributed by atoms with Crippen molar-refractivity contribution in [1.82, 2.24) is 0 Å². The molecule has 0 spiro atoms. The van der Waals surface area contributed by atoms with Gasteiger partial charge < -0.3 is 4.74 Å². The van der Waals surface area contributed by atoms with Gasteiger partial charge in [-0.05, 0) is 73.3 Å². The minimum absolute atomic E-state index is 0.262. The summed E-state index contributed by atoms with van der Waals surface area (Å²) in [6.07, 6.45) is 21.6. The highest BCUT2D eigenvalue weighted by atomic mass is 19.1. The molecule has 1 radical (unpaired) electrons. The molecule has 1 nitrogen and oxygen atoms in total. The first kappa shape index (κ1) is 25.8. The van der Waals surface area contributed by atoms with Crippen molar-refractivity contribution >= 4 is 0 Å². The summed E-state index contributed by atoms with van der Waals surface area (Å²) in [5, 5.41) is 0. The van der Waals surface area contributed by atoms with Gasteiger partial charge in [0, 0.05) is 0 Å². The van der Waals surface area contributed by atoms with Crippen LogP contribution in [0.3, 0.4) is 0 Å². The molecule has 1 aliphatic rings. The van der Waals surface area contributed by atoms with E-state index in [4.69, 9.17) is 4.74 Å². The van der Waals surface area contributed by atoms with Gasteiger partial charge in [-0.1, -0.05) is 101 Å². The van der Waals surface area contributed by atoms with Gasteiger partial charge in [0.1, 0.15) is 0 Å². The summed E-state index contributed by atoms with van der Waals surface area (Å²) < 4.78 is 20.3. The lowest BCUT2D eigenvalue weighted by molar-refractivity contribution is 0.290. The van der Waals surface area contributed by atoms with E-state index in [0.717, 1.165) is 29.9 Å². The fraction of sp³-hybridized carbons (Fsp3) is 0.581. The first-order chi connectivity index (χ1) is 16.3. The van der Waals surface area contributed by atoms with E-state index in [9.17, 15) is 4.39 Å². The van der Waals surface area contributed by atoms with Crippen LogP contribution in [0.4, 0.5) is 4.39 Å². The maximum atomic E-state index is 14.6. The van der Waals surface area contributed by atoms with Gasteiger partial charge in [-0.2, -0.15) is 0 Å². The Bertz CT molecular complexity index is 776. The lowest BCUT2D eigenvalue weighted by atomic mass is 9.85. The number of rotatable bonds is 15. The first-order valence-corrected chi connectivity index (χ1v) is 13.6. The summed E-state index contributed by atoms with van der Waals surface area (Å²) in [5.74, 6) is 0.994. The molecule has 0 amide bonds. The van der Waals surface area contributed by atoms with Gasteiger partial charge in [-0.3, -0.25) is 0 Å². The van der Waals surface area contributed by atoms with Crippen molar-refractivity contribution in [3.8, 4) is 16.9 Å². The van der Waals surface area contributed by atoms with Crippen LogP contribution < -0.4 is 4.74 Å². The summed E-state index contributed by atoms with van der Waals surface area (Å²) in [7, 11) is 0. The quantitative estimate of drug-likeness (QED) is 0.245. The predicted octanol–water partition coefficient (Wildman–Crippen LogP) is 9.73. The average Bonchev–Trinajstić information content (AvgIpc) is 2.85. The maximum absolute atomic E-state index is 14.6. The van der Waals surface area contributed by atoms with Crippen molar-refractivity contribution in [2.24, 2.45) is 5.92 Å². The van der Waals surface area contributed by atoms with Gasteiger partial charge in [-0.15, -0.1) is 0 Å². The summed E-state index contributed by atoms with van der Waals surface area (Å²) >= 11 is 0. The van der Waals surface area contributed by atoms with Crippen LogP contribution in [0.5, 0.6) is 5.75 Å². The second kappa shape index (κ2) is 15.1. The Hall–Kier alpha value is -1.83. The molecule has 0 heterocycles. The van der Waals surface area contributed by atoms with Gasteiger partial charge >= 0.3 is 0 Å². The second-order valence-corrected chi connectivity index (χ2v) is 9.87. The number of unbranched alkanes of at least 4 members (excludes halogenated alkanes) is 8. The van der Waals surface area contributed by atoms with Gasteiger partial charge in [-0.25, -0.2) is 4.39 Å². The molecule has 33 heavy (non-hydrogen) atoms. The molecular weight excluding hydrogens is 407 g/mol. The number of aryl methyl sites for hydroxylation is 1. The number of benzene rings is 2. The Morgan fingerprint density at radius 2 is 1.42 bits per heavy atom. The minimum atomic E-state index is -0.262. The lowest BCUT2D eigenvalue weighted by Gasteiger charge is -2.21. The van der Waals surface area contributed by atoms with Crippen LogP contribution in [0.1, 0.15) is 102 Å². The summed E-state index contributed by atoms with van der Waals surface area (Å²) in [6, 6.07) is 14.0. The topological polar surface area (TPSA) is 9.23 Å². The van der Waals surface area contributed by atoms with E-state index in [1.54, 1.807) is 12.1 Å². The molecule has 0 saturated heterocycles. The van der Waals surface area contributed by atoms with Crippen molar-refractivity contribution in [3.63, 3.8) is 0 Å². The Labute approximate surface area is 202 Å². The molecular formula is C31H44FO. The fourth-order valence-electron chi connectivity index (χ4n) is 4.91. The Kier molecular flexibility index (Phi) is 11.8. The fourth-order valence-corrected chi connectivity index (χ4v) is 4.91. The molecule has 1 saturated carbocycles. The maximum Gasteiger partial charge on any atom is 0.165 e. The molecule has 0 atom stereocenters. The molecule has 1 aliphatic carbocycles. The van der Waals surface area contributed by atoms with Crippen LogP contribution in [0.15, 0.2) is 42.5 Å². The molecule has 1 fully saturated rings. The highest BCUT2D eigenvalue weighted by Crippen LogP contribution is 2.29. The van der Waals surface area contributed by atoms with Crippen LogP contribution in [-0.2, 0) is 6.42 Å². The molecule has 2 aromatic carbocycles. The van der Waals surface area contributed by atoms with Crippen molar-refractivity contribution in [1.29, 1.82) is 0 Å². The molecule has 3 rings (SSSR count). The van der Waals surface area contributed by atoms with Crippen LogP contribution in [0.25, 0.3) is 11.1 Å². The molecule has 2 heteroatoms. The largest absolute Gasteiger partial charge is 0.491 e. The van der Waals surface area contributed by atoms with Crippen LogP contribution >= 0.6 is 0 Å². The van der Waals surface area contributed by atoms with Crippen molar-refractivity contribution in [3.05, 3.63) is 60.3 Å². The standard InChI is InChI=1S/C31H44FO/c1-2-3-4-5-6-7-8-9-13-24-33-31-23-22-29(25-30(31)32)28-20-18-27(19-21-28)17-16-26-14-11-10-12-15-26/h10,18-23,25-26H,2-9,11-17,24H2,1H3. The van der Waals surface area contributed by atoms with Gasteiger partial charge in [0.15, 0.2) is 11.6 Å². The molecule has 0 bridgehead atoms. The third-order valence-electron chi connectivity index (χ3n) is 7.12. The zero-order chi connectivity index (χ0) is 23.1. The second-order valence-electron chi connectivity index (χ2n) is 9.87. The zero-order valence-electron chi connectivity index (χ0n) is 20.8. The average molecular weight is 452 g/mol. The number of ether oxygens (including phenoxy) is 1. The summed E-state index contributed by atoms with van der Waals surface area (Å²) in [5.41, 5.74) is 3.36. The predicted molar refractivity (Wildman–Crippen MR) is 139 cm³/mol. The SMILES string of the molecule is CCCCCCCCCCCOc1ccc(-c2ccc(CCC3CC[CH]CC3)cc2)cc1F. The van der Waals surface area contributed by atoms with E-state index in [1.165, 1.54) is 89.0 Å². The number of hydrogen-bond donors (Lipinski definition) is 0. The van der Waals surface area contributed by atoms with Gasteiger partial charge in [0.25, 0.3) is 0 Å². The van der Waals surface area contributed by atoms with Crippen molar-refractivity contribution in [2.45, 2.75) is 103 Å². The van der Waals surface area contributed by atoms with Gasteiger partial charge in [0.05, 0.1) is 6.61 Å². The van der Waals surface area contributed by atoms with Crippen LogP contribution in [-0.4, -0.2) is 6.61 Å². The molecule has 0 aliphatic heterocycles. The van der Waals surface area contributed by atoms with Gasteiger partial charge in [0.2, 0.25) is 0 Å². The van der Waals surface area contributed by atoms with Crippen molar-refractivity contribution in [2.75, 3.05) is 6.61 Å². The van der Waals surface area contributed by atoms with E-state index in [2.05, 4.69) is 37.6 Å². The van der Waals surface area contributed by atoms with E-state index >= 15 is 0 Å². The molecule has 0 N–H and O–H groups in total. The Morgan fingerprint density at radius 3 is 2.09 bits per heavy atom. The monoisotopic (exact) mass is 451 g/mol. The van der Waals surface area contributed by atoms with Crippen LogP contribution in [0, 0.1) is 18.2 Å². The van der Waals surface area contributed by atoms with Crippen LogP contribution in [0.2, 0.25) is 0 Å². The molecule has 2 aromatic rings.